The third-order valence-corrected chi connectivity index (χ3v) is 4.91. The van der Waals surface area contributed by atoms with Gasteiger partial charge in [0.05, 0.1) is 6.10 Å². The minimum absolute atomic E-state index is 0.190. The van der Waals surface area contributed by atoms with Gasteiger partial charge in [-0.15, -0.1) is 0 Å². The molecule has 0 spiro atoms. The number of aryl methyl sites for hydroxylation is 2. The van der Waals surface area contributed by atoms with Gasteiger partial charge in [-0.2, -0.15) is 0 Å². The van der Waals surface area contributed by atoms with E-state index in [0.29, 0.717) is 0 Å². The van der Waals surface area contributed by atoms with E-state index in [0.717, 1.165) is 6.42 Å². The van der Waals surface area contributed by atoms with E-state index in [9.17, 15) is 5.11 Å². The highest BCUT2D eigenvalue weighted by Gasteiger charge is 2.34. The van der Waals surface area contributed by atoms with Crippen LogP contribution in [0.1, 0.15) is 47.7 Å². The molecule has 4 atom stereocenters. The fraction of sp³-hybridized carbons (Fsp3) is 0.400. The highest BCUT2D eigenvalue weighted by Crippen LogP contribution is 2.37. The summed E-state index contributed by atoms with van der Waals surface area (Å²) < 4.78 is 0. The van der Waals surface area contributed by atoms with Gasteiger partial charge in [-0.1, -0.05) is 66.6 Å². The maximum atomic E-state index is 10.5. The van der Waals surface area contributed by atoms with Crippen molar-refractivity contribution in [1.29, 1.82) is 0 Å². The van der Waals surface area contributed by atoms with Gasteiger partial charge < -0.3 is 10.4 Å². The molecule has 0 aromatic heterocycles. The number of benzene rings is 2. The molecule has 0 bridgehead atoms. The first-order valence-corrected chi connectivity index (χ1v) is 8.12. The predicted octanol–water partition coefficient (Wildman–Crippen LogP) is 4.08. The van der Waals surface area contributed by atoms with Gasteiger partial charge in [0.2, 0.25) is 0 Å². The third kappa shape index (κ3) is 3.08. The Labute approximate surface area is 133 Å². The molecule has 1 saturated heterocycles. The van der Waals surface area contributed by atoms with Crippen molar-refractivity contribution in [3.8, 4) is 0 Å². The Kier molecular flexibility index (Phi) is 4.32. The standard InChI is InChI=1S/C20H25NO/c1-13-4-8-16(9-5-13)18-12-19(22)15(3)20(21-18)17-10-6-14(2)7-11-17/h4-11,15,18-22H,12H2,1-3H3/t15-,18-,19-,20-/m0/s1. The summed E-state index contributed by atoms with van der Waals surface area (Å²) >= 11 is 0. The molecule has 2 N–H and O–H groups in total. The average Bonchev–Trinajstić information content (AvgIpc) is 2.52. The first kappa shape index (κ1) is 15.3. The number of hydrogen-bond donors (Lipinski definition) is 2. The van der Waals surface area contributed by atoms with Gasteiger partial charge in [0.15, 0.2) is 0 Å². The second-order valence-corrected chi connectivity index (χ2v) is 6.68. The van der Waals surface area contributed by atoms with E-state index in [1.807, 2.05) is 0 Å². The van der Waals surface area contributed by atoms with Gasteiger partial charge in [0.25, 0.3) is 0 Å². The number of nitrogens with one attached hydrogen (secondary N) is 1. The Hall–Kier alpha value is -1.64. The first-order chi connectivity index (χ1) is 10.5. The minimum Gasteiger partial charge on any atom is -0.393 e. The highest BCUT2D eigenvalue weighted by atomic mass is 16.3. The molecule has 0 radical (unpaired) electrons. The van der Waals surface area contributed by atoms with E-state index < -0.39 is 0 Å². The van der Waals surface area contributed by atoms with Crippen molar-refractivity contribution in [3.05, 3.63) is 70.8 Å². The molecule has 0 saturated carbocycles. The van der Waals surface area contributed by atoms with Crippen molar-refractivity contribution in [2.24, 2.45) is 5.92 Å². The van der Waals surface area contributed by atoms with Crippen molar-refractivity contribution in [2.45, 2.75) is 45.4 Å². The molecule has 3 rings (SSSR count). The molecule has 2 nitrogen and oxygen atoms in total. The molecule has 0 amide bonds. The largest absolute Gasteiger partial charge is 0.393 e. The Morgan fingerprint density at radius 1 is 0.864 bits per heavy atom. The normalized spacial score (nSPS) is 28.5. The summed E-state index contributed by atoms with van der Waals surface area (Å²) in [5.74, 6) is 0.212. The lowest BCUT2D eigenvalue weighted by atomic mass is 9.81. The van der Waals surface area contributed by atoms with Gasteiger partial charge in [-0.05, 0) is 31.4 Å². The van der Waals surface area contributed by atoms with Crippen molar-refractivity contribution < 1.29 is 5.11 Å². The summed E-state index contributed by atoms with van der Waals surface area (Å²) in [5, 5.41) is 14.3. The van der Waals surface area contributed by atoms with Gasteiger partial charge in [-0.3, -0.25) is 0 Å². The zero-order valence-electron chi connectivity index (χ0n) is 13.6. The summed E-state index contributed by atoms with van der Waals surface area (Å²) in [6, 6.07) is 17.7. The van der Waals surface area contributed by atoms with Crippen LogP contribution in [-0.2, 0) is 0 Å². The van der Waals surface area contributed by atoms with E-state index in [-0.39, 0.29) is 24.1 Å². The van der Waals surface area contributed by atoms with Crippen LogP contribution in [0.4, 0.5) is 0 Å². The van der Waals surface area contributed by atoms with Crippen LogP contribution in [0, 0.1) is 19.8 Å². The quantitative estimate of drug-likeness (QED) is 0.875. The molecule has 2 aromatic carbocycles. The average molecular weight is 295 g/mol. The zero-order chi connectivity index (χ0) is 15.7. The van der Waals surface area contributed by atoms with E-state index in [1.54, 1.807) is 0 Å². The number of aliphatic hydroxyl groups excluding tert-OH is 1. The van der Waals surface area contributed by atoms with Crippen LogP contribution >= 0.6 is 0 Å². The van der Waals surface area contributed by atoms with Gasteiger partial charge in [0, 0.05) is 18.0 Å². The van der Waals surface area contributed by atoms with Crippen LogP contribution in [0.25, 0.3) is 0 Å². The zero-order valence-corrected chi connectivity index (χ0v) is 13.6. The Morgan fingerprint density at radius 3 is 1.91 bits per heavy atom. The van der Waals surface area contributed by atoms with Crippen LogP contribution in [-0.4, -0.2) is 11.2 Å². The van der Waals surface area contributed by atoms with Crippen LogP contribution < -0.4 is 5.32 Å². The number of aliphatic hydroxyl groups is 1. The molecule has 22 heavy (non-hydrogen) atoms. The lowest BCUT2D eigenvalue weighted by molar-refractivity contribution is 0.0402. The number of rotatable bonds is 2. The van der Waals surface area contributed by atoms with Crippen molar-refractivity contribution in [2.75, 3.05) is 0 Å². The first-order valence-electron chi connectivity index (χ1n) is 8.12. The lowest BCUT2D eigenvalue weighted by Crippen LogP contribution is -2.43. The number of hydrogen-bond acceptors (Lipinski definition) is 2. The van der Waals surface area contributed by atoms with E-state index >= 15 is 0 Å². The third-order valence-electron chi connectivity index (χ3n) is 4.91. The molecule has 1 fully saturated rings. The lowest BCUT2D eigenvalue weighted by Gasteiger charge is -2.40. The Morgan fingerprint density at radius 2 is 1.36 bits per heavy atom. The fourth-order valence-corrected chi connectivity index (χ4v) is 3.32. The summed E-state index contributed by atoms with van der Waals surface area (Å²) in [4.78, 5) is 0. The minimum atomic E-state index is -0.279. The van der Waals surface area contributed by atoms with Gasteiger partial charge in [0.1, 0.15) is 0 Å². The predicted molar refractivity (Wildman–Crippen MR) is 90.8 cm³/mol. The Balaban J connectivity index is 1.86. The summed E-state index contributed by atoms with van der Waals surface area (Å²) in [7, 11) is 0. The molecule has 2 heteroatoms. The molecular formula is C20H25NO. The van der Waals surface area contributed by atoms with Crippen LogP contribution in [0.2, 0.25) is 0 Å². The number of piperidine rings is 1. The van der Waals surface area contributed by atoms with Gasteiger partial charge >= 0.3 is 0 Å². The topological polar surface area (TPSA) is 32.3 Å². The second-order valence-electron chi connectivity index (χ2n) is 6.68. The molecule has 1 aliphatic heterocycles. The monoisotopic (exact) mass is 295 g/mol. The molecule has 0 aliphatic carbocycles. The Bertz CT molecular complexity index is 617. The van der Waals surface area contributed by atoms with Crippen LogP contribution in [0.5, 0.6) is 0 Å². The molecule has 1 heterocycles. The molecule has 0 unspecified atom stereocenters. The van der Waals surface area contributed by atoms with Crippen molar-refractivity contribution in [1.82, 2.24) is 5.32 Å². The summed E-state index contributed by atoms with van der Waals surface area (Å²) in [6.07, 6.45) is 0.492. The van der Waals surface area contributed by atoms with E-state index in [2.05, 4.69) is 74.6 Å². The van der Waals surface area contributed by atoms with Crippen molar-refractivity contribution >= 4 is 0 Å². The second kappa shape index (κ2) is 6.23. The van der Waals surface area contributed by atoms with Crippen LogP contribution in [0.15, 0.2) is 48.5 Å². The maximum absolute atomic E-state index is 10.5. The van der Waals surface area contributed by atoms with Crippen molar-refractivity contribution in [3.63, 3.8) is 0 Å². The smallest absolute Gasteiger partial charge is 0.0602 e. The van der Waals surface area contributed by atoms with Gasteiger partial charge in [-0.25, -0.2) is 0 Å². The van der Waals surface area contributed by atoms with Crippen LogP contribution in [0.3, 0.4) is 0 Å². The van der Waals surface area contributed by atoms with E-state index in [1.165, 1.54) is 22.3 Å². The molecular weight excluding hydrogens is 270 g/mol. The summed E-state index contributed by atoms with van der Waals surface area (Å²) in [5.41, 5.74) is 5.05. The molecule has 116 valence electrons. The maximum Gasteiger partial charge on any atom is 0.0602 e. The summed E-state index contributed by atoms with van der Waals surface area (Å²) in [6.45, 7) is 6.34. The fourth-order valence-electron chi connectivity index (χ4n) is 3.32. The van der Waals surface area contributed by atoms with E-state index in [4.69, 9.17) is 0 Å². The highest BCUT2D eigenvalue weighted by molar-refractivity contribution is 5.29. The molecule has 2 aromatic rings. The molecule has 1 aliphatic rings. The SMILES string of the molecule is Cc1ccc([C@@H]2C[C@H](O)[C@H](C)[C@@H](c3ccc(C)cc3)N2)cc1.